The minimum atomic E-state index is -1.04. The van der Waals surface area contributed by atoms with Crippen LogP contribution in [0, 0.1) is 0 Å². The normalized spacial score (nSPS) is 20.8. The summed E-state index contributed by atoms with van der Waals surface area (Å²) in [7, 11) is 2.03. The summed E-state index contributed by atoms with van der Waals surface area (Å²) in [5.74, 6) is 5.35. The average molecular weight is 173 g/mol. The van der Waals surface area contributed by atoms with Gasteiger partial charge < -0.3 is 10.0 Å². The van der Waals surface area contributed by atoms with E-state index in [-0.39, 0.29) is 6.04 Å². The highest BCUT2D eigenvalue weighted by atomic mass is 16.4. The number of rotatable bonds is 1. The van der Waals surface area contributed by atoms with Gasteiger partial charge in [-0.25, -0.2) is 15.6 Å². The van der Waals surface area contributed by atoms with E-state index in [9.17, 15) is 4.79 Å². The molecule has 0 radical (unpaired) electrons. The SMILES string of the molecule is CN1CCC(N(N)C(=O)O)CC1. The number of piperidine rings is 1. The van der Waals surface area contributed by atoms with Gasteiger partial charge in [-0.05, 0) is 33.0 Å². The van der Waals surface area contributed by atoms with Crippen molar-refractivity contribution in [2.45, 2.75) is 18.9 Å². The summed E-state index contributed by atoms with van der Waals surface area (Å²) in [6, 6.07) is -0.00120. The van der Waals surface area contributed by atoms with E-state index in [2.05, 4.69) is 4.90 Å². The smallest absolute Gasteiger partial charge is 0.421 e. The van der Waals surface area contributed by atoms with Crippen LogP contribution in [0.5, 0.6) is 0 Å². The van der Waals surface area contributed by atoms with E-state index in [1.165, 1.54) is 0 Å². The van der Waals surface area contributed by atoms with Crippen molar-refractivity contribution in [3.63, 3.8) is 0 Å². The quantitative estimate of drug-likeness (QED) is 0.331. The molecule has 5 nitrogen and oxygen atoms in total. The van der Waals surface area contributed by atoms with Gasteiger partial charge in [-0.2, -0.15) is 0 Å². The molecular formula is C7H15N3O2. The van der Waals surface area contributed by atoms with Gasteiger partial charge in [-0.3, -0.25) is 0 Å². The van der Waals surface area contributed by atoms with E-state index in [0.29, 0.717) is 0 Å². The van der Waals surface area contributed by atoms with Gasteiger partial charge in [0.15, 0.2) is 0 Å². The molecule has 0 saturated carbocycles. The molecule has 0 unspecified atom stereocenters. The third kappa shape index (κ3) is 2.09. The Balaban J connectivity index is 2.39. The maximum Gasteiger partial charge on any atom is 0.421 e. The number of hydrazine groups is 1. The van der Waals surface area contributed by atoms with Crippen molar-refractivity contribution in [3.05, 3.63) is 0 Å². The van der Waals surface area contributed by atoms with E-state index in [4.69, 9.17) is 10.9 Å². The monoisotopic (exact) mass is 173 g/mol. The number of carbonyl (C=O) groups is 1. The van der Waals surface area contributed by atoms with Crippen LogP contribution in [0.25, 0.3) is 0 Å². The fraction of sp³-hybridized carbons (Fsp3) is 0.857. The molecule has 0 atom stereocenters. The fourth-order valence-corrected chi connectivity index (χ4v) is 1.43. The molecule has 1 saturated heterocycles. The second-order valence-corrected chi connectivity index (χ2v) is 3.22. The van der Waals surface area contributed by atoms with Crippen molar-refractivity contribution in [1.29, 1.82) is 0 Å². The predicted molar refractivity (Wildman–Crippen MR) is 44.6 cm³/mol. The fourth-order valence-electron chi connectivity index (χ4n) is 1.43. The molecule has 1 fully saturated rings. The second-order valence-electron chi connectivity index (χ2n) is 3.22. The molecular weight excluding hydrogens is 158 g/mol. The molecule has 0 aromatic rings. The highest BCUT2D eigenvalue weighted by Gasteiger charge is 2.23. The number of nitrogens with two attached hydrogens (primary N) is 1. The summed E-state index contributed by atoms with van der Waals surface area (Å²) in [6.07, 6.45) is 0.628. The van der Waals surface area contributed by atoms with E-state index >= 15 is 0 Å². The highest BCUT2D eigenvalue weighted by molar-refractivity contribution is 5.64. The van der Waals surface area contributed by atoms with Gasteiger partial charge in [0.25, 0.3) is 0 Å². The number of nitrogens with zero attached hydrogens (tertiary/aromatic N) is 2. The molecule has 1 aliphatic heterocycles. The van der Waals surface area contributed by atoms with Crippen LogP contribution in [0.1, 0.15) is 12.8 Å². The molecule has 0 aromatic heterocycles. The van der Waals surface area contributed by atoms with Crippen LogP contribution >= 0.6 is 0 Å². The highest BCUT2D eigenvalue weighted by Crippen LogP contribution is 2.12. The van der Waals surface area contributed by atoms with Crippen LogP contribution in [0.15, 0.2) is 0 Å². The molecule has 12 heavy (non-hydrogen) atoms. The van der Waals surface area contributed by atoms with Crippen LogP contribution in [-0.2, 0) is 0 Å². The van der Waals surface area contributed by atoms with Crippen molar-refractivity contribution < 1.29 is 9.90 Å². The number of hydrogen-bond donors (Lipinski definition) is 2. The largest absolute Gasteiger partial charge is 0.464 e. The lowest BCUT2D eigenvalue weighted by Crippen LogP contribution is -2.49. The Morgan fingerprint density at radius 2 is 2.08 bits per heavy atom. The van der Waals surface area contributed by atoms with Crippen molar-refractivity contribution in [3.8, 4) is 0 Å². The zero-order valence-corrected chi connectivity index (χ0v) is 7.23. The topological polar surface area (TPSA) is 69.8 Å². The van der Waals surface area contributed by atoms with E-state index < -0.39 is 6.09 Å². The Kier molecular flexibility index (Phi) is 2.88. The summed E-state index contributed by atoms with van der Waals surface area (Å²) >= 11 is 0. The van der Waals surface area contributed by atoms with Gasteiger partial charge in [0.05, 0.1) is 6.04 Å². The lowest BCUT2D eigenvalue weighted by atomic mass is 10.1. The molecule has 3 N–H and O–H groups in total. The first kappa shape index (κ1) is 9.28. The van der Waals surface area contributed by atoms with Crippen LogP contribution in [0.3, 0.4) is 0 Å². The van der Waals surface area contributed by atoms with Crippen LogP contribution in [-0.4, -0.2) is 47.3 Å². The summed E-state index contributed by atoms with van der Waals surface area (Å²) in [6.45, 7) is 1.84. The van der Waals surface area contributed by atoms with Crippen LogP contribution in [0.2, 0.25) is 0 Å². The molecule has 1 heterocycles. The molecule has 0 bridgehead atoms. The van der Waals surface area contributed by atoms with E-state index in [1.807, 2.05) is 7.05 Å². The lowest BCUT2D eigenvalue weighted by molar-refractivity contribution is 0.0973. The van der Waals surface area contributed by atoms with Crippen molar-refractivity contribution in [2.24, 2.45) is 5.84 Å². The Morgan fingerprint density at radius 3 is 2.50 bits per heavy atom. The lowest BCUT2D eigenvalue weighted by Gasteiger charge is -2.32. The third-order valence-electron chi connectivity index (χ3n) is 2.30. The van der Waals surface area contributed by atoms with Gasteiger partial charge in [0.2, 0.25) is 0 Å². The van der Waals surface area contributed by atoms with Gasteiger partial charge in [-0.1, -0.05) is 0 Å². The number of carboxylic acid groups (broad SMARTS) is 1. The number of likely N-dealkylation sites (tertiary alicyclic amines) is 1. The molecule has 1 amide bonds. The summed E-state index contributed by atoms with van der Waals surface area (Å²) in [5, 5.41) is 9.51. The van der Waals surface area contributed by atoms with Crippen LogP contribution < -0.4 is 5.84 Å². The van der Waals surface area contributed by atoms with E-state index in [1.54, 1.807) is 0 Å². The van der Waals surface area contributed by atoms with Gasteiger partial charge in [-0.15, -0.1) is 0 Å². The summed E-state index contributed by atoms with van der Waals surface area (Å²) in [5.41, 5.74) is 0. The first-order valence-electron chi connectivity index (χ1n) is 4.06. The van der Waals surface area contributed by atoms with Crippen molar-refractivity contribution in [1.82, 2.24) is 9.91 Å². The molecule has 5 heteroatoms. The number of amides is 1. The standard InChI is InChI=1S/C7H15N3O2/c1-9-4-2-6(3-5-9)10(8)7(11)12/h6H,2-5,8H2,1H3,(H,11,12). The zero-order valence-electron chi connectivity index (χ0n) is 7.23. The average Bonchev–Trinajstić information content (AvgIpc) is 2.04. The molecule has 0 aromatic carbocycles. The molecule has 1 aliphatic rings. The Labute approximate surface area is 71.7 Å². The maximum atomic E-state index is 10.5. The van der Waals surface area contributed by atoms with Gasteiger partial charge >= 0.3 is 6.09 Å². The van der Waals surface area contributed by atoms with Gasteiger partial charge in [0.1, 0.15) is 0 Å². The minimum absolute atomic E-state index is 0.00120. The number of hydrogen-bond acceptors (Lipinski definition) is 3. The van der Waals surface area contributed by atoms with E-state index in [0.717, 1.165) is 30.9 Å². The first-order valence-corrected chi connectivity index (χ1v) is 4.06. The van der Waals surface area contributed by atoms with Gasteiger partial charge in [0, 0.05) is 0 Å². The molecule has 70 valence electrons. The predicted octanol–water partition coefficient (Wildman–Crippen LogP) is -0.0657. The molecule has 1 rings (SSSR count). The zero-order chi connectivity index (χ0) is 9.14. The van der Waals surface area contributed by atoms with Crippen LogP contribution in [0.4, 0.5) is 4.79 Å². The first-order chi connectivity index (χ1) is 5.61. The Bertz CT molecular complexity index is 166. The summed E-state index contributed by atoms with van der Waals surface area (Å²) < 4.78 is 0. The van der Waals surface area contributed by atoms with Crippen molar-refractivity contribution in [2.75, 3.05) is 20.1 Å². The Hall–Kier alpha value is -0.810. The minimum Gasteiger partial charge on any atom is -0.464 e. The Morgan fingerprint density at radius 1 is 1.58 bits per heavy atom. The maximum absolute atomic E-state index is 10.5. The van der Waals surface area contributed by atoms with Crippen molar-refractivity contribution >= 4 is 6.09 Å². The summed E-state index contributed by atoms with van der Waals surface area (Å²) in [4.78, 5) is 12.6. The third-order valence-corrected chi connectivity index (χ3v) is 2.30. The molecule has 0 aliphatic carbocycles. The molecule has 0 spiro atoms. The second kappa shape index (κ2) is 3.73.